The first-order chi connectivity index (χ1) is 19.6. The summed E-state index contributed by atoms with van der Waals surface area (Å²) in [6, 6.07) is 16.6. The van der Waals surface area contributed by atoms with E-state index in [1.165, 1.54) is 30.4 Å². The van der Waals surface area contributed by atoms with E-state index in [4.69, 9.17) is 9.47 Å². The molecule has 3 aromatic carbocycles. The maximum absolute atomic E-state index is 11.3. The van der Waals surface area contributed by atoms with Gasteiger partial charge in [-0.2, -0.15) is 0 Å². The zero-order valence-electron chi connectivity index (χ0n) is 24.3. The van der Waals surface area contributed by atoms with Gasteiger partial charge in [0, 0.05) is 30.3 Å². The summed E-state index contributed by atoms with van der Waals surface area (Å²) in [5, 5.41) is 13.1. The lowest BCUT2D eigenvalue weighted by Crippen LogP contribution is -2.38. The molecular formula is C33H40Br2N2O4. The molecule has 0 amide bonds. The summed E-state index contributed by atoms with van der Waals surface area (Å²) in [7, 11) is 1.71. The van der Waals surface area contributed by atoms with Crippen LogP contribution in [0.15, 0.2) is 57.5 Å². The molecule has 0 aromatic heterocycles. The van der Waals surface area contributed by atoms with Crippen molar-refractivity contribution in [3.63, 3.8) is 0 Å². The second kappa shape index (κ2) is 14.7. The highest BCUT2D eigenvalue weighted by atomic mass is 79.9. The predicted molar refractivity (Wildman–Crippen MR) is 171 cm³/mol. The zero-order chi connectivity index (χ0) is 29.5. The van der Waals surface area contributed by atoms with Crippen molar-refractivity contribution in [2.45, 2.75) is 65.0 Å². The summed E-state index contributed by atoms with van der Waals surface area (Å²) >= 11 is 7.21. The Bertz CT molecular complexity index is 1330. The van der Waals surface area contributed by atoms with Crippen LogP contribution in [0.1, 0.15) is 72.9 Å². The molecular weight excluding hydrogens is 648 g/mol. The second-order valence-electron chi connectivity index (χ2n) is 11.1. The van der Waals surface area contributed by atoms with E-state index in [1.807, 2.05) is 0 Å². The lowest BCUT2D eigenvalue weighted by atomic mass is 9.98. The summed E-state index contributed by atoms with van der Waals surface area (Å²) in [6.45, 7) is 10.2. The molecule has 6 nitrogen and oxygen atoms in total. The number of hydrogen-bond donors (Lipinski definition) is 2. The van der Waals surface area contributed by atoms with Crippen molar-refractivity contribution in [2.24, 2.45) is 0 Å². The third kappa shape index (κ3) is 8.57. The Morgan fingerprint density at radius 3 is 2.34 bits per heavy atom. The van der Waals surface area contributed by atoms with E-state index in [9.17, 15) is 9.90 Å². The van der Waals surface area contributed by atoms with Crippen LogP contribution >= 0.6 is 31.9 Å². The summed E-state index contributed by atoms with van der Waals surface area (Å²) in [5.74, 6) is 1.52. The molecule has 3 aromatic rings. The Balaban J connectivity index is 1.67. The zero-order valence-corrected chi connectivity index (χ0v) is 27.5. The molecule has 1 saturated heterocycles. The number of aryl methyl sites for hydroxylation is 1. The van der Waals surface area contributed by atoms with Crippen LogP contribution in [0.3, 0.4) is 0 Å². The van der Waals surface area contributed by atoms with Gasteiger partial charge >= 0.3 is 5.97 Å². The van der Waals surface area contributed by atoms with Gasteiger partial charge in [-0.1, -0.05) is 50.1 Å². The molecule has 8 heteroatoms. The Kier molecular flexibility index (Phi) is 11.3. The Hall–Kier alpha value is -2.39. The number of carboxylic acid groups (broad SMARTS) is 1. The molecule has 1 atom stereocenters. The maximum atomic E-state index is 11.3. The average molecular weight is 689 g/mol. The van der Waals surface area contributed by atoms with Crippen molar-refractivity contribution in [1.29, 1.82) is 0 Å². The van der Waals surface area contributed by atoms with Crippen LogP contribution in [0, 0.1) is 6.92 Å². The molecule has 1 aliphatic rings. The summed E-state index contributed by atoms with van der Waals surface area (Å²) in [6.07, 6.45) is 3.75. The fourth-order valence-electron chi connectivity index (χ4n) is 5.38. The number of likely N-dealkylation sites (tertiary alicyclic amines) is 1. The number of ether oxygens (including phenoxy) is 2. The molecule has 0 saturated carbocycles. The number of rotatable bonds is 12. The van der Waals surface area contributed by atoms with Gasteiger partial charge in [-0.3, -0.25) is 4.79 Å². The number of methoxy groups -OCH3 is 1. The van der Waals surface area contributed by atoms with Crippen molar-refractivity contribution in [3.05, 3.63) is 85.3 Å². The summed E-state index contributed by atoms with van der Waals surface area (Å²) in [4.78, 5) is 13.8. The molecule has 0 bridgehead atoms. The van der Waals surface area contributed by atoms with Crippen LogP contribution in [0.25, 0.3) is 0 Å². The number of carbonyl (C=O) groups is 1. The number of nitrogens with zero attached hydrogens (tertiary/aromatic N) is 1. The van der Waals surface area contributed by atoms with Gasteiger partial charge in [0.25, 0.3) is 0 Å². The number of hydrogen-bond acceptors (Lipinski definition) is 5. The number of carboxylic acids is 1. The Morgan fingerprint density at radius 1 is 1.02 bits per heavy atom. The van der Waals surface area contributed by atoms with Gasteiger partial charge < -0.3 is 24.8 Å². The van der Waals surface area contributed by atoms with Crippen molar-refractivity contribution in [2.75, 3.05) is 26.7 Å². The Labute approximate surface area is 260 Å². The first-order valence-corrected chi connectivity index (χ1v) is 15.8. The summed E-state index contributed by atoms with van der Waals surface area (Å²) in [5.41, 5.74) is 5.26. The number of benzene rings is 3. The van der Waals surface area contributed by atoms with Gasteiger partial charge in [-0.15, -0.1) is 0 Å². The molecule has 0 spiro atoms. The van der Waals surface area contributed by atoms with E-state index in [1.54, 1.807) is 19.2 Å². The topological polar surface area (TPSA) is 71.0 Å². The van der Waals surface area contributed by atoms with Crippen LogP contribution in [0.2, 0.25) is 0 Å². The van der Waals surface area contributed by atoms with Crippen LogP contribution in [-0.2, 0) is 17.8 Å². The lowest BCUT2D eigenvalue weighted by Gasteiger charge is -2.31. The number of halogens is 2. The molecule has 220 valence electrons. The van der Waals surface area contributed by atoms with E-state index in [0.717, 1.165) is 42.3 Å². The average Bonchev–Trinajstić information content (AvgIpc) is 2.93. The molecule has 1 fully saturated rings. The minimum Gasteiger partial charge on any atom is -0.496 e. The smallest absolute Gasteiger partial charge is 0.307 e. The first kappa shape index (κ1) is 31.5. The van der Waals surface area contributed by atoms with Gasteiger partial charge in [0.2, 0.25) is 0 Å². The van der Waals surface area contributed by atoms with E-state index in [0.29, 0.717) is 26.8 Å². The standard InChI is InChI=1S/C33H40Br2N2O4/c1-21(2)26-18-30(41-33-27(34)14-23(15-28(33)35)16-32(38)39)25(17-31(26)40-4)19-36-29(20-37-11-6-5-7-12-37)24-10-8-9-22(3)13-24/h8-10,13-15,17-18,21,29,36H,5-7,11-12,16,19-20H2,1-4H3,(H,38,39). The maximum Gasteiger partial charge on any atom is 0.307 e. The van der Waals surface area contributed by atoms with E-state index in [-0.39, 0.29) is 18.4 Å². The molecule has 0 aliphatic carbocycles. The second-order valence-corrected chi connectivity index (χ2v) is 12.8. The van der Waals surface area contributed by atoms with Crippen molar-refractivity contribution < 1.29 is 19.4 Å². The van der Waals surface area contributed by atoms with Gasteiger partial charge in [0.1, 0.15) is 11.5 Å². The third-order valence-electron chi connectivity index (χ3n) is 7.53. The molecule has 1 unspecified atom stereocenters. The molecule has 2 N–H and O–H groups in total. The van der Waals surface area contributed by atoms with Crippen molar-refractivity contribution >= 4 is 37.8 Å². The molecule has 1 heterocycles. The van der Waals surface area contributed by atoms with Crippen LogP contribution < -0.4 is 14.8 Å². The fourth-order valence-corrected chi connectivity index (χ4v) is 6.83. The van der Waals surface area contributed by atoms with Crippen LogP contribution in [0.4, 0.5) is 0 Å². The first-order valence-electron chi connectivity index (χ1n) is 14.2. The van der Waals surface area contributed by atoms with E-state index in [2.05, 4.69) is 99.2 Å². The highest BCUT2D eigenvalue weighted by Crippen LogP contribution is 2.42. The van der Waals surface area contributed by atoms with Crippen molar-refractivity contribution in [3.8, 4) is 17.2 Å². The SMILES string of the molecule is COc1cc(CNC(CN2CCCCC2)c2cccc(C)c2)c(Oc2c(Br)cc(CC(=O)O)cc2Br)cc1C(C)C. The number of piperidine rings is 1. The van der Waals surface area contributed by atoms with Gasteiger partial charge in [-0.05, 0) is 106 Å². The van der Waals surface area contributed by atoms with Crippen molar-refractivity contribution in [1.82, 2.24) is 10.2 Å². The summed E-state index contributed by atoms with van der Waals surface area (Å²) < 4.78 is 13.8. The predicted octanol–water partition coefficient (Wildman–Crippen LogP) is 8.39. The molecule has 41 heavy (non-hydrogen) atoms. The highest BCUT2D eigenvalue weighted by molar-refractivity contribution is 9.11. The van der Waals surface area contributed by atoms with Gasteiger partial charge in [0.05, 0.1) is 22.5 Å². The molecule has 4 rings (SSSR count). The molecule has 1 aliphatic heterocycles. The molecule has 0 radical (unpaired) electrons. The van der Waals surface area contributed by atoms with E-state index >= 15 is 0 Å². The normalized spacial score (nSPS) is 14.7. The van der Waals surface area contributed by atoms with Gasteiger partial charge in [0.15, 0.2) is 5.75 Å². The fraction of sp³-hybridized carbons (Fsp3) is 0.424. The van der Waals surface area contributed by atoms with E-state index < -0.39 is 5.97 Å². The monoisotopic (exact) mass is 686 g/mol. The number of nitrogens with one attached hydrogen (secondary N) is 1. The highest BCUT2D eigenvalue weighted by Gasteiger charge is 2.22. The Morgan fingerprint density at radius 2 is 1.73 bits per heavy atom. The third-order valence-corrected chi connectivity index (χ3v) is 8.71. The lowest BCUT2D eigenvalue weighted by molar-refractivity contribution is -0.136. The largest absolute Gasteiger partial charge is 0.496 e. The number of aliphatic carboxylic acids is 1. The van der Waals surface area contributed by atoms with Crippen LogP contribution in [0.5, 0.6) is 17.2 Å². The minimum atomic E-state index is -0.879. The quantitative estimate of drug-likeness (QED) is 0.199. The minimum absolute atomic E-state index is 0.0654. The van der Waals surface area contributed by atoms with Crippen LogP contribution in [-0.4, -0.2) is 42.7 Å². The van der Waals surface area contributed by atoms with Gasteiger partial charge in [-0.25, -0.2) is 0 Å².